The number of hydrogen-bond acceptors (Lipinski definition) is 0. The zero-order valence-electron chi connectivity index (χ0n) is 22.4. The highest BCUT2D eigenvalue weighted by Gasteiger charge is 2.33. The molecule has 10 heteroatoms. The third-order valence-corrected chi connectivity index (χ3v) is 8.52. The van der Waals surface area contributed by atoms with Crippen LogP contribution in [0, 0.1) is 5.82 Å². The topological polar surface area (TPSA) is 15.9 Å². The summed E-state index contributed by atoms with van der Waals surface area (Å²) in [7, 11) is 0. The van der Waals surface area contributed by atoms with E-state index in [4.69, 9.17) is 0 Å². The molecular weight excluding hydrogens is 688 g/mol. The van der Waals surface area contributed by atoms with Crippen LogP contribution >= 0.6 is 31.9 Å². The second-order valence-corrected chi connectivity index (χ2v) is 12.2. The standard InChI is InChI=1S/C17H11F4N2.C16H11Br2N2/c18-14-8-13(17(19,20)21)4-5-15(14)23-9-12-3-1-2-11-6-7-22(10-23)16(11)12;17-13-6-14(18)8-15(7-13)20-9-12-3-1-2-11-4-5-19(10-20)16(11)12/h1-9H,10H2;1-9H,10H2/q2*+1. The van der Waals surface area contributed by atoms with Crippen LogP contribution in [0.4, 0.5) is 28.9 Å². The number of benzene rings is 4. The van der Waals surface area contributed by atoms with Crippen LogP contribution in [-0.4, -0.2) is 30.7 Å². The van der Waals surface area contributed by atoms with E-state index in [0.717, 1.165) is 38.1 Å². The van der Waals surface area contributed by atoms with Gasteiger partial charge in [-0.15, -0.1) is 0 Å². The molecule has 0 atom stereocenters. The molecule has 2 aromatic heterocycles. The first kappa shape index (κ1) is 27.8. The molecule has 43 heavy (non-hydrogen) atoms. The molecule has 0 unspecified atom stereocenters. The van der Waals surface area contributed by atoms with Gasteiger partial charge in [0.15, 0.2) is 18.2 Å². The number of alkyl halides is 3. The lowest BCUT2D eigenvalue weighted by molar-refractivity contribution is -0.473. The molecule has 2 aliphatic heterocycles. The summed E-state index contributed by atoms with van der Waals surface area (Å²) < 4.78 is 62.4. The van der Waals surface area contributed by atoms with Crippen LogP contribution < -0.4 is 0 Å². The molecule has 4 heterocycles. The van der Waals surface area contributed by atoms with Crippen molar-refractivity contribution in [2.24, 2.45) is 0 Å². The van der Waals surface area contributed by atoms with Crippen LogP contribution in [0.1, 0.15) is 16.7 Å². The van der Waals surface area contributed by atoms with Crippen LogP contribution in [0.5, 0.6) is 0 Å². The van der Waals surface area contributed by atoms with Gasteiger partial charge in [-0.3, -0.25) is 9.13 Å². The Kier molecular flexibility index (Phi) is 6.85. The van der Waals surface area contributed by atoms with Crippen LogP contribution in [0.25, 0.3) is 21.8 Å². The first-order valence-electron chi connectivity index (χ1n) is 13.4. The summed E-state index contributed by atoms with van der Waals surface area (Å²) in [6.45, 7) is 1.19. The van der Waals surface area contributed by atoms with Crippen LogP contribution in [-0.2, 0) is 19.5 Å². The van der Waals surface area contributed by atoms with Crippen molar-refractivity contribution in [1.29, 1.82) is 0 Å². The van der Waals surface area contributed by atoms with Crippen molar-refractivity contribution in [2.45, 2.75) is 19.5 Å². The minimum atomic E-state index is -4.55. The fourth-order valence-electron chi connectivity index (χ4n) is 5.69. The number of para-hydroxylation sites is 2. The SMILES string of the molecule is Brc1cc(Br)cc([N+]2=Cc3cccc4ccn(c34)C2)c1.Fc1cc(C(F)(F)F)ccc1[N+]1=Cc2cccc3ccn(c23)C1. The number of hydrogen-bond donors (Lipinski definition) is 0. The molecule has 214 valence electrons. The van der Waals surface area contributed by atoms with Crippen LogP contribution in [0.15, 0.2) is 106 Å². The molecule has 0 amide bonds. The van der Waals surface area contributed by atoms with Crippen molar-refractivity contribution < 1.29 is 26.7 Å². The zero-order chi connectivity index (χ0) is 29.9. The van der Waals surface area contributed by atoms with Gasteiger partial charge in [-0.25, -0.2) is 0 Å². The van der Waals surface area contributed by atoms with E-state index in [-0.39, 0.29) is 5.69 Å². The third-order valence-electron chi connectivity index (χ3n) is 7.60. The van der Waals surface area contributed by atoms with Crippen LogP contribution in [0.2, 0.25) is 0 Å². The summed E-state index contributed by atoms with van der Waals surface area (Å²) in [5, 5.41) is 2.38. The van der Waals surface area contributed by atoms with Gasteiger partial charge in [0.1, 0.15) is 0 Å². The van der Waals surface area contributed by atoms with E-state index in [1.54, 1.807) is 10.8 Å². The van der Waals surface area contributed by atoms with Crippen molar-refractivity contribution in [3.05, 3.63) is 129 Å². The summed E-state index contributed by atoms with van der Waals surface area (Å²) in [5.74, 6) is -0.890. The van der Waals surface area contributed by atoms with Gasteiger partial charge in [0.25, 0.3) is 0 Å². The van der Waals surface area contributed by atoms with E-state index < -0.39 is 17.6 Å². The quantitative estimate of drug-likeness (QED) is 0.126. The van der Waals surface area contributed by atoms with E-state index in [2.05, 4.69) is 95.9 Å². The highest BCUT2D eigenvalue weighted by Crippen LogP contribution is 2.33. The minimum absolute atomic E-state index is 0.120. The van der Waals surface area contributed by atoms with Crippen molar-refractivity contribution >= 4 is 77.5 Å². The van der Waals surface area contributed by atoms with Crippen LogP contribution in [0.3, 0.4) is 0 Å². The predicted molar refractivity (Wildman–Crippen MR) is 167 cm³/mol. The molecule has 0 saturated heterocycles. The molecule has 0 saturated carbocycles. The summed E-state index contributed by atoms with van der Waals surface area (Å²) in [6, 6.07) is 25.3. The lowest BCUT2D eigenvalue weighted by Crippen LogP contribution is -2.19. The predicted octanol–water partition coefficient (Wildman–Crippen LogP) is 9.43. The molecule has 0 fully saturated rings. The van der Waals surface area contributed by atoms with Crippen molar-refractivity contribution in [1.82, 2.24) is 9.13 Å². The van der Waals surface area contributed by atoms with Gasteiger partial charge in [-0.2, -0.15) is 26.7 Å². The summed E-state index contributed by atoms with van der Waals surface area (Å²) in [6.07, 6.45) is 3.46. The molecule has 4 aromatic carbocycles. The highest BCUT2D eigenvalue weighted by atomic mass is 79.9. The van der Waals surface area contributed by atoms with Gasteiger partial charge in [-0.05, 0) is 42.5 Å². The second kappa shape index (κ2) is 10.6. The first-order chi connectivity index (χ1) is 20.6. The fourth-order valence-corrected chi connectivity index (χ4v) is 6.96. The molecule has 0 bridgehead atoms. The average Bonchev–Trinajstić information content (AvgIpc) is 3.59. The van der Waals surface area contributed by atoms with Gasteiger partial charge in [0.05, 0.1) is 27.7 Å². The molecule has 0 spiro atoms. The molecular formula is C33H22Br2F4N4+2. The van der Waals surface area contributed by atoms with Gasteiger partial charge < -0.3 is 0 Å². The molecule has 0 N–H and O–H groups in total. The monoisotopic (exact) mass is 708 g/mol. The van der Waals surface area contributed by atoms with E-state index in [0.29, 0.717) is 12.7 Å². The maximum atomic E-state index is 14.2. The fraction of sp³-hybridized carbons (Fsp3) is 0.0909. The normalized spacial score (nSPS) is 13.9. The lowest BCUT2D eigenvalue weighted by atomic mass is 10.1. The Morgan fingerprint density at radius 1 is 0.651 bits per heavy atom. The van der Waals surface area contributed by atoms with E-state index >= 15 is 0 Å². The maximum Gasteiger partial charge on any atom is 0.416 e. The Morgan fingerprint density at radius 3 is 1.77 bits per heavy atom. The Morgan fingerprint density at radius 2 is 1.21 bits per heavy atom. The van der Waals surface area contributed by atoms with Gasteiger partial charge in [-0.1, -0.05) is 56.1 Å². The van der Waals surface area contributed by atoms with Crippen molar-refractivity contribution in [2.75, 3.05) is 0 Å². The number of nitrogens with zero attached hydrogens (tertiary/aromatic N) is 4. The Labute approximate surface area is 260 Å². The smallest absolute Gasteiger partial charge is 0.291 e. The third kappa shape index (κ3) is 5.23. The van der Waals surface area contributed by atoms with Crippen molar-refractivity contribution in [3.8, 4) is 0 Å². The Balaban J connectivity index is 0.000000141. The van der Waals surface area contributed by atoms with E-state index in [1.807, 2.05) is 35.0 Å². The second-order valence-electron chi connectivity index (χ2n) is 10.4. The first-order valence-corrected chi connectivity index (χ1v) is 14.9. The average molecular weight is 710 g/mol. The number of aromatic nitrogens is 2. The van der Waals surface area contributed by atoms with Gasteiger partial charge in [0, 0.05) is 50.3 Å². The largest absolute Gasteiger partial charge is 0.416 e. The number of rotatable bonds is 2. The van der Waals surface area contributed by atoms with Gasteiger partial charge >= 0.3 is 6.18 Å². The van der Waals surface area contributed by atoms with E-state index in [9.17, 15) is 17.6 Å². The molecule has 2 aliphatic rings. The Hall–Kier alpha value is -4.02. The van der Waals surface area contributed by atoms with Gasteiger partial charge in [0.2, 0.25) is 24.7 Å². The summed E-state index contributed by atoms with van der Waals surface area (Å²) in [4.78, 5) is 0. The summed E-state index contributed by atoms with van der Waals surface area (Å²) in [5.41, 5.74) is 4.82. The molecule has 4 nitrogen and oxygen atoms in total. The Bertz CT molecular complexity index is 2100. The molecule has 8 rings (SSSR count). The van der Waals surface area contributed by atoms with Crippen molar-refractivity contribution in [3.63, 3.8) is 0 Å². The molecule has 6 aromatic rings. The lowest BCUT2D eigenvalue weighted by Gasteiger charge is -2.13. The molecule has 0 radical (unpaired) electrons. The minimum Gasteiger partial charge on any atom is -0.291 e. The highest BCUT2D eigenvalue weighted by molar-refractivity contribution is 9.11. The molecule has 0 aliphatic carbocycles. The maximum absolute atomic E-state index is 14.2. The van der Waals surface area contributed by atoms with E-state index in [1.165, 1.54) is 28.2 Å². The zero-order valence-corrected chi connectivity index (χ0v) is 25.5. The summed E-state index contributed by atoms with van der Waals surface area (Å²) >= 11 is 7.11. The number of halogens is 6.